The molecule has 0 radical (unpaired) electrons. The molecule has 0 spiro atoms. The monoisotopic (exact) mass is 418 g/mol. The van der Waals surface area contributed by atoms with Crippen molar-refractivity contribution in [1.82, 2.24) is 9.91 Å². The van der Waals surface area contributed by atoms with Crippen molar-refractivity contribution < 1.29 is 19.0 Å². The molecule has 1 aromatic carbocycles. The van der Waals surface area contributed by atoms with Gasteiger partial charge in [0.25, 0.3) is 0 Å². The van der Waals surface area contributed by atoms with Gasteiger partial charge in [0.15, 0.2) is 5.82 Å². The SMILES string of the molecule is CC(C)(C)OC(=O)N1[C@@H]([C@@H](O)c2cccc(N=NN3CCCC3)c2F)C2CC1(C)C2. The lowest BCUT2D eigenvalue weighted by molar-refractivity contribution is -0.00944. The van der Waals surface area contributed by atoms with Gasteiger partial charge in [0.05, 0.1) is 6.04 Å². The molecule has 1 saturated carbocycles. The Morgan fingerprint density at radius 2 is 1.97 bits per heavy atom. The van der Waals surface area contributed by atoms with E-state index in [4.69, 9.17) is 4.74 Å². The molecule has 3 aliphatic heterocycles. The van der Waals surface area contributed by atoms with Gasteiger partial charge in [-0.1, -0.05) is 17.4 Å². The fourth-order valence-corrected chi connectivity index (χ4v) is 5.06. The third-order valence-electron chi connectivity index (χ3n) is 6.37. The third-order valence-corrected chi connectivity index (χ3v) is 6.37. The summed E-state index contributed by atoms with van der Waals surface area (Å²) >= 11 is 0. The van der Waals surface area contributed by atoms with Gasteiger partial charge in [-0.3, -0.25) is 9.91 Å². The summed E-state index contributed by atoms with van der Waals surface area (Å²) in [4.78, 5) is 14.5. The minimum absolute atomic E-state index is 0.0961. The second-order valence-corrected chi connectivity index (χ2v) is 9.98. The fraction of sp³-hybridized carbons (Fsp3) is 0.682. The van der Waals surface area contributed by atoms with Crippen LogP contribution in [0.5, 0.6) is 0 Å². The predicted octanol–water partition coefficient (Wildman–Crippen LogP) is 4.74. The molecule has 3 heterocycles. The van der Waals surface area contributed by atoms with Crippen LogP contribution in [0.2, 0.25) is 0 Å². The lowest BCUT2D eigenvalue weighted by atomic mass is 9.72. The van der Waals surface area contributed by atoms with Gasteiger partial charge >= 0.3 is 6.09 Å². The standard InChI is InChI=1S/C22H31FN4O3/c1-21(2,3)30-20(29)27-18(14-12-22(27,4)13-14)19(28)15-8-7-9-16(17(15)23)24-25-26-10-5-6-11-26/h7-9,14,18-19,28H,5-6,10-13H2,1-4H3/t14?,18-,19+,22?/m1/s1. The molecule has 4 fully saturated rings. The molecule has 1 aromatic rings. The number of hydrogen-bond donors (Lipinski definition) is 1. The maximum atomic E-state index is 15.2. The van der Waals surface area contributed by atoms with Crippen molar-refractivity contribution >= 4 is 11.8 Å². The number of amides is 1. The summed E-state index contributed by atoms with van der Waals surface area (Å²) in [6.07, 6.45) is 2.06. The van der Waals surface area contributed by atoms with E-state index in [-0.39, 0.29) is 22.7 Å². The molecule has 4 aliphatic rings. The number of halogens is 1. The van der Waals surface area contributed by atoms with Crippen molar-refractivity contribution in [2.45, 2.75) is 76.7 Å². The average molecular weight is 419 g/mol. The zero-order chi connectivity index (χ0) is 21.7. The average Bonchev–Trinajstić information content (AvgIpc) is 3.31. The molecule has 1 aliphatic carbocycles. The highest BCUT2D eigenvalue weighted by Crippen LogP contribution is 2.57. The van der Waals surface area contributed by atoms with E-state index in [1.54, 1.807) is 23.1 Å². The maximum absolute atomic E-state index is 15.2. The van der Waals surface area contributed by atoms with Gasteiger partial charge in [0, 0.05) is 24.2 Å². The van der Waals surface area contributed by atoms with Gasteiger partial charge in [-0.15, -0.1) is 5.11 Å². The van der Waals surface area contributed by atoms with Crippen molar-refractivity contribution in [3.8, 4) is 0 Å². The molecule has 1 N–H and O–H groups in total. The Balaban J connectivity index is 1.58. The highest BCUT2D eigenvalue weighted by Gasteiger charge is 2.63. The van der Waals surface area contributed by atoms with E-state index in [1.165, 1.54) is 0 Å². The molecular weight excluding hydrogens is 387 g/mol. The van der Waals surface area contributed by atoms with Crippen LogP contribution >= 0.6 is 0 Å². The number of ether oxygens (including phenoxy) is 1. The number of carbonyl (C=O) groups excluding carboxylic acids is 1. The Morgan fingerprint density at radius 1 is 1.30 bits per heavy atom. The number of carbonyl (C=O) groups is 1. The quantitative estimate of drug-likeness (QED) is 0.717. The molecule has 0 aromatic heterocycles. The first-order chi connectivity index (χ1) is 14.1. The Hall–Kier alpha value is -2.22. The Morgan fingerprint density at radius 3 is 2.60 bits per heavy atom. The Labute approximate surface area is 176 Å². The summed E-state index contributed by atoms with van der Waals surface area (Å²) in [5.41, 5.74) is -0.763. The summed E-state index contributed by atoms with van der Waals surface area (Å²) in [5, 5.41) is 21.2. The largest absolute Gasteiger partial charge is 0.444 e. The van der Waals surface area contributed by atoms with Crippen LogP contribution in [0.1, 0.15) is 65.0 Å². The number of nitrogens with zero attached hydrogens (tertiary/aromatic N) is 4. The van der Waals surface area contributed by atoms with E-state index < -0.39 is 29.7 Å². The van der Waals surface area contributed by atoms with Crippen LogP contribution in [0.4, 0.5) is 14.9 Å². The number of hydrogen-bond acceptors (Lipinski definition) is 5. The normalized spacial score (nSPS) is 29.4. The molecule has 1 amide bonds. The first kappa shape index (κ1) is 21.0. The Kier molecular flexibility index (Phi) is 5.24. The van der Waals surface area contributed by atoms with Crippen molar-refractivity contribution in [1.29, 1.82) is 0 Å². The van der Waals surface area contributed by atoms with Crippen LogP contribution in [-0.4, -0.2) is 51.4 Å². The maximum Gasteiger partial charge on any atom is 0.411 e. The Bertz CT molecular complexity index is 841. The molecule has 7 nitrogen and oxygen atoms in total. The summed E-state index contributed by atoms with van der Waals surface area (Å²) in [5.74, 6) is -0.474. The topological polar surface area (TPSA) is 77.7 Å². The lowest BCUT2D eigenvalue weighted by Gasteiger charge is -2.39. The zero-order valence-electron chi connectivity index (χ0n) is 18.1. The predicted molar refractivity (Wildman–Crippen MR) is 110 cm³/mol. The highest BCUT2D eigenvalue weighted by molar-refractivity contribution is 5.71. The van der Waals surface area contributed by atoms with Crippen molar-refractivity contribution in [3.05, 3.63) is 29.6 Å². The van der Waals surface area contributed by atoms with Crippen LogP contribution < -0.4 is 0 Å². The molecule has 0 unspecified atom stereocenters. The minimum Gasteiger partial charge on any atom is -0.444 e. The van der Waals surface area contributed by atoms with Gasteiger partial charge in [0.1, 0.15) is 17.4 Å². The van der Waals surface area contributed by atoms with Gasteiger partial charge in [-0.2, -0.15) is 0 Å². The van der Waals surface area contributed by atoms with Crippen molar-refractivity contribution in [2.75, 3.05) is 13.1 Å². The van der Waals surface area contributed by atoms with Crippen LogP contribution in [0.3, 0.4) is 0 Å². The molecule has 2 atom stereocenters. The molecule has 3 saturated heterocycles. The van der Waals surface area contributed by atoms with E-state index in [0.29, 0.717) is 0 Å². The van der Waals surface area contributed by atoms with E-state index in [2.05, 4.69) is 10.3 Å². The number of benzene rings is 1. The first-order valence-corrected chi connectivity index (χ1v) is 10.7. The molecule has 164 valence electrons. The number of rotatable bonds is 4. The van der Waals surface area contributed by atoms with Gasteiger partial charge in [-0.25, -0.2) is 9.18 Å². The van der Waals surface area contributed by atoms with E-state index in [0.717, 1.165) is 38.8 Å². The molecule has 8 heteroatoms. The first-order valence-electron chi connectivity index (χ1n) is 10.7. The zero-order valence-corrected chi connectivity index (χ0v) is 18.1. The van der Waals surface area contributed by atoms with Gasteiger partial charge in [0.2, 0.25) is 0 Å². The van der Waals surface area contributed by atoms with Crippen molar-refractivity contribution in [2.24, 2.45) is 16.3 Å². The summed E-state index contributed by atoms with van der Waals surface area (Å²) in [6, 6.07) is 4.25. The third kappa shape index (κ3) is 3.77. The van der Waals surface area contributed by atoms with Crippen LogP contribution in [0.15, 0.2) is 28.5 Å². The molecule has 2 bridgehead atoms. The summed E-state index contributed by atoms with van der Waals surface area (Å²) < 4.78 is 20.8. The van der Waals surface area contributed by atoms with Crippen LogP contribution in [0.25, 0.3) is 0 Å². The lowest BCUT2D eigenvalue weighted by Crippen LogP contribution is -2.49. The van der Waals surface area contributed by atoms with E-state index in [9.17, 15) is 9.90 Å². The number of aliphatic hydroxyl groups excluding tert-OH is 1. The smallest absolute Gasteiger partial charge is 0.411 e. The fourth-order valence-electron chi connectivity index (χ4n) is 5.06. The van der Waals surface area contributed by atoms with E-state index >= 15 is 4.39 Å². The highest BCUT2D eigenvalue weighted by atomic mass is 19.1. The summed E-state index contributed by atoms with van der Waals surface area (Å²) in [7, 11) is 0. The molecule has 5 rings (SSSR count). The number of fused-ring (bicyclic) bond motifs is 1. The molecular formula is C22H31FN4O3. The van der Waals surface area contributed by atoms with Crippen LogP contribution in [0, 0.1) is 11.7 Å². The van der Waals surface area contributed by atoms with Crippen LogP contribution in [-0.2, 0) is 4.74 Å². The number of aliphatic hydroxyl groups is 1. The summed E-state index contributed by atoms with van der Waals surface area (Å²) in [6.45, 7) is 9.08. The van der Waals surface area contributed by atoms with Gasteiger partial charge in [-0.05, 0) is 65.4 Å². The minimum atomic E-state index is -1.16. The molecule has 30 heavy (non-hydrogen) atoms. The van der Waals surface area contributed by atoms with Crippen molar-refractivity contribution in [3.63, 3.8) is 0 Å². The second-order valence-electron chi connectivity index (χ2n) is 9.98. The van der Waals surface area contributed by atoms with E-state index in [1.807, 2.05) is 32.7 Å². The second kappa shape index (κ2) is 7.48. The van der Waals surface area contributed by atoms with Gasteiger partial charge < -0.3 is 9.84 Å².